The predicted molar refractivity (Wildman–Crippen MR) is 76.4 cm³/mol. The Hall–Kier alpha value is -1.71. The first-order valence-electron chi connectivity index (χ1n) is 6.30. The van der Waals surface area contributed by atoms with Crippen molar-refractivity contribution in [3.8, 4) is 5.75 Å². The maximum atomic E-state index is 12.1. The summed E-state index contributed by atoms with van der Waals surface area (Å²) in [5.41, 5.74) is 5.72. The van der Waals surface area contributed by atoms with Gasteiger partial charge in [-0.05, 0) is 53.7 Å². The van der Waals surface area contributed by atoms with Crippen LogP contribution in [-0.4, -0.2) is 17.2 Å². The lowest BCUT2D eigenvalue weighted by molar-refractivity contribution is 0.00616. The van der Waals surface area contributed by atoms with E-state index in [1.165, 1.54) is 0 Å². The van der Waals surface area contributed by atoms with Crippen molar-refractivity contribution in [2.24, 2.45) is 0 Å². The van der Waals surface area contributed by atoms with Gasteiger partial charge in [0.05, 0.1) is 0 Å². The van der Waals surface area contributed by atoms with Gasteiger partial charge in [0.1, 0.15) is 22.5 Å². The zero-order valence-electron chi connectivity index (χ0n) is 12.5. The predicted octanol–water partition coefficient (Wildman–Crippen LogP) is 3.40. The lowest BCUT2D eigenvalue weighted by Crippen LogP contribution is -2.27. The van der Waals surface area contributed by atoms with Gasteiger partial charge in [-0.2, -0.15) is 0 Å². The molecule has 4 heteroatoms. The van der Waals surface area contributed by atoms with Crippen LogP contribution in [0.25, 0.3) is 0 Å². The van der Waals surface area contributed by atoms with Crippen molar-refractivity contribution in [3.63, 3.8) is 0 Å². The molecule has 1 aromatic carbocycles. The van der Waals surface area contributed by atoms with Crippen LogP contribution in [0.5, 0.6) is 5.75 Å². The molecule has 1 aromatic rings. The molecule has 0 fully saturated rings. The molecule has 0 bridgehead atoms. The second kappa shape index (κ2) is 5.11. The van der Waals surface area contributed by atoms with Crippen molar-refractivity contribution in [2.75, 3.05) is 5.73 Å². The smallest absolute Gasteiger partial charge is 0.342 e. The third-order valence-corrected chi connectivity index (χ3v) is 2.04. The van der Waals surface area contributed by atoms with Crippen LogP contribution in [0, 0.1) is 0 Å². The van der Waals surface area contributed by atoms with Crippen molar-refractivity contribution < 1.29 is 14.3 Å². The van der Waals surface area contributed by atoms with E-state index in [0.717, 1.165) is 0 Å². The Morgan fingerprint density at radius 1 is 1.05 bits per heavy atom. The molecule has 4 nitrogen and oxygen atoms in total. The summed E-state index contributed by atoms with van der Waals surface area (Å²) in [6.45, 7) is 11.2. The normalized spacial score (nSPS) is 12.1. The minimum atomic E-state index is -0.544. The number of hydrogen-bond donors (Lipinski definition) is 1. The highest BCUT2D eigenvalue weighted by Gasteiger charge is 2.23. The molecule has 0 spiro atoms. The highest BCUT2D eigenvalue weighted by atomic mass is 16.6. The SMILES string of the molecule is CC(C)(C)OC(=O)c1ccc(N)cc1OC(C)(C)C. The van der Waals surface area contributed by atoms with Crippen molar-refractivity contribution in [1.29, 1.82) is 0 Å². The summed E-state index contributed by atoms with van der Waals surface area (Å²) in [4.78, 5) is 12.1. The van der Waals surface area contributed by atoms with Crippen molar-refractivity contribution in [3.05, 3.63) is 23.8 Å². The van der Waals surface area contributed by atoms with Gasteiger partial charge in [-0.15, -0.1) is 0 Å². The minimum Gasteiger partial charge on any atom is -0.487 e. The van der Waals surface area contributed by atoms with Crippen LogP contribution in [-0.2, 0) is 4.74 Å². The molecule has 0 aliphatic rings. The molecular weight excluding hydrogens is 242 g/mol. The average Bonchev–Trinajstić information content (AvgIpc) is 2.11. The van der Waals surface area contributed by atoms with E-state index in [2.05, 4.69) is 0 Å². The van der Waals surface area contributed by atoms with E-state index >= 15 is 0 Å². The number of esters is 1. The molecule has 0 unspecified atom stereocenters. The fourth-order valence-corrected chi connectivity index (χ4v) is 1.45. The number of nitrogens with two attached hydrogens (primary N) is 1. The maximum absolute atomic E-state index is 12.1. The number of hydrogen-bond acceptors (Lipinski definition) is 4. The molecule has 1 rings (SSSR count). The maximum Gasteiger partial charge on any atom is 0.342 e. The fourth-order valence-electron chi connectivity index (χ4n) is 1.45. The van der Waals surface area contributed by atoms with Gasteiger partial charge in [-0.3, -0.25) is 0 Å². The topological polar surface area (TPSA) is 61.5 Å². The van der Waals surface area contributed by atoms with Gasteiger partial charge in [0, 0.05) is 11.8 Å². The molecule has 0 aliphatic carbocycles. The molecule has 106 valence electrons. The van der Waals surface area contributed by atoms with E-state index in [9.17, 15) is 4.79 Å². The Labute approximate surface area is 114 Å². The van der Waals surface area contributed by atoms with Crippen LogP contribution >= 0.6 is 0 Å². The Bertz CT molecular complexity index is 467. The zero-order valence-corrected chi connectivity index (χ0v) is 12.5. The Morgan fingerprint density at radius 2 is 1.63 bits per heavy atom. The number of anilines is 1. The second-order valence-corrected chi connectivity index (χ2v) is 6.47. The third-order valence-electron chi connectivity index (χ3n) is 2.04. The summed E-state index contributed by atoms with van der Waals surface area (Å²) in [7, 11) is 0. The Kier molecular flexibility index (Phi) is 4.13. The summed E-state index contributed by atoms with van der Waals surface area (Å²) in [5.74, 6) is 0.0356. The van der Waals surface area contributed by atoms with E-state index in [4.69, 9.17) is 15.2 Å². The van der Waals surface area contributed by atoms with Crippen LogP contribution in [0.15, 0.2) is 18.2 Å². The molecule has 0 amide bonds. The average molecular weight is 265 g/mol. The van der Waals surface area contributed by atoms with Gasteiger partial charge in [0.25, 0.3) is 0 Å². The third kappa shape index (κ3) is 5.20. The van der Waals surface area contributed by atoms with E-state index in [0.29, 0.717) is 17.0 Å². The number of benzene rings is 1. The minimum absolute atomic E-state index is 0.388. The molecule has 0 saturated carbocycles. The molecule has 0 radical (unpaired) electrons. The van der Waals surface area contributed by atoms with Crippen LogP contribution in [0.2, 0.25) is 0 Å². The molecule has 19 heavy (non-hydrogen) atoms. The van der Waals surface area contributed by atoms with Gasteiger partial charge in [0.2, 0.25) is 0 Å². The number of rotatable bonds is 2. The first-order valence-corrected chi connectivity index (χ1v) is 6.30. The highest BCUT2D eigenvalue weighted by Crippen LogP contribution is 2.27. The van der Waals surface area contributed by atoms with Gasteiger partial charge in [-0.25, -0.2) is 4.79 Å². The molecule has 0 aliphatic heterocycles. The quantitative estimate of drug-likeness (QED) is 0.657. The zero-order chi connectivity index (χ0) is 14.8. The summed E-state index contributed by atoms with van der Waals surface area (Å²) in [5, 5.41) is 0. The van der Waals surface area contributed by atoms with Crippen LogP contribution in [0.3, 0.4) is 0 Å². The molecule has 0 heterocycles. The molecule has 0 atom stereocenters. The van der Waals surface area contributed by atoms with Crippen LogP contribution in [0.4, 0.5) is 5.69 Å². The summed E-state index contributed by atoms with van der Waals surface area (Å²) < 4.78 is 11.1. The van der Waals surface area contributed by atoms with Gasteiger partial charge in [0.15, 0.2) is 0 Å². The van der Waals surface area contributed by atoms with Gasteiger partial charge in [-0.1, -0.05) is 0 Å². The van der Waals surface area contributed by atoms with E-state index in [1.54, 1.807) is 18.2 Å². The van der Waals surface area contributed by atoms with Crippen molar-refractivity contribution >= 4 is 11.7 Å². The summed E-state index contributed by atoms with van der Waals surface area (Å²) in [6.07, 6.45) is 0. The molecular formula is C15H23NO3. The van der Waals surface area contributed by atoms with Gasteiger partial charge < -0.3 is 15.2 Å². The van der Waals surface area contributed by atoms with E-state index in [-0.39, 0.29) is 0 Å². The summed E-state index contributed by atoms with van der Waals surface area (Å²) >= 11 is 0. The van der Waals surface area contributed by atoms with Crippen LogP contribution in [0.1, 0.15) is 51.9 Å². The lowest BCUT2D eigenvalue weighted by Gasteiger charge is -2.25. The molecule has 0 aromatic heterocycles. The number of carbonyl (C=O) groups is 1. The number of nitrogen functional groups attached to an aromatic ring is 1. The van der Waals surface area contributed by atoms with Crippen molar-refractivity contribution in [1.82, 2.24) is 0 Å². The Balaban J connectivity index is 3.10. The van der Waals surface area contributed by atoms with E-state index in [1.807, 2.05) is 41.5 Å². The second-order valence-electron chi connectivity index (χ2n) is 6.47. The largest absolute Gasteiger partial charge is 0.487 e. The number of ether oxygens (including phenoxy) is 2. The molecule has 0 saturated heterocycles. The van der Waals surface area contributed by atoms with Crippen molar-refractivity contribution in [2.45, 2.75) is 52.7 Å². The lowest BCUT2D eigenvalue weighted by atomic mass is 10.1. The first kappa shape index (κ1) is 15.3. The Morgan fingerprint density at radius 3 is 2.11 bits per heavy atom. The fraction of sp³-hybridized carbons (Fsp3) is 0.533. The highest BCUT2D eigenvalue weighted by molar-refractivity contribution is 5.93. The standard InChI is InChI=1S/C15H23NO3/c1-14(2,3)18-12-9-10(16)7-8-11(12)13(17)19-15(4,5)6/h7-9H,16H2,1-6H3. The van der Waals surface area contributed by atoms with E-state index < -0.39 is 17.2 Å². The first-order chi connectivity index (χ1) is 8.48. The molecule has 2 N–H and O–H groups in total. The summed E-state index contributed by atoms with van der Waals surface area (Å²) in [6, 6.07) is 4.93. The van der Waals surface area contributed by atoms with Gasteiger partial charge >= 0.3 is 5.97 Å². The number of carbonyl (C=O) groups excluding carboxylic acids is 1. The van der Waals surface area contributed by atoms with Crippen LogP contribution < -0.4 is 10.5 Å². The monoisotopic (exact) mass is 265 g/mol.